The fourth-order valence-corrected chi connectivity index (χ4v) is 8.48. The summed E-state index contributed by atoms with van der Waals surface area (Å²) < 4.78 is 12.3. The Balaban J connectivity index is 1.45. The molecule has 0 radical (unpaired) electrons. The molecule has 2 saturated heterocycles. The molecule has 0 N–H and O–H groups in total. The Bertz CT molecular complexity index is 1480. The van der Waals surface area contributed by atoms with Crippen molar-refractivity contribution < 1.29 is 18.8 Å². The zero-order valence-corrected chi connectivity index (χ0v) is 32.1. The Morgan fingerprint density at radius 2 is 1.40 bits per heavy atom. The van der Waals surface area contributed by atoms with E-state index in [1.165, 1.54) is 22.3 Å². The molecule has 0 spiro atoms. The van der Waals surface area contributed by atoms with Crippen LogP contribution in [0.5, 0.6) is 0 Å². The van der Waals surface area contributed by atoms with Gasteiger partial charge in [-0.25, -0.2) is 0 Å². The molecule has 5 rings (SSSR count). The van der Waals surface area contributed by atoms with Crippen molar-refractivity contribution in [3.8, 4) is 0 Å². The maximum absolute atomic E-state index is 13.4. The summed E-state index contributed by atoms with van der Waals surface area (Å²) in [6, 6.07) is 32.7. The SMILES string of the molecule is CCOC(=O)CCCN1CCN(CC=C2CN(C(c3ccccc3)(c3ccccc3)c3ccccc3)CCC2O[Si](C)(C)C(C)(C)C)C(=O)C1. The molecule has 1 atom stereocenters. The van der Waals surface area contributed by atoms with Crippen LogP contribution in [0.15, 0.2) is 103 Å². The topological polar surface area (TPSA) is 62.3 Å². The first kappa shape index (κ1) is 37.7. The van der Waals surface area contributed by atoms with Crippen LogP contribution in [0.25, 0.3) is 0 Å². The van der Waals surface area contributed by atoms with Gasteiger partial charge in [0.15, 0.2) is 8.32 Å². The molecule has 1 unspecified atom stereocenters. The number of esters is 1. The summed E-state index contributed by atoms with van der Waals surface area (Å²) in [5.74, 6) is -0.0399. The van der Waals surface area contributed by atoms with Crippen LogP contribution in [0.1, 0.15) is 63.6 Å². The second-order valence-corrected chi connectivity index (χ2v) is 19.9. The number of hydrogen-bond donors (Lipinski definition) is 0. The Morgan fingerprint density at radius 3 is 1.90 bits per heavy atom. The van der Waals surface area contributed by atoms with Crippen molar-refractivity contribution >= 4 is 20.2 Å². The number of likely N-dealkylation sites (tertiary alicyclic amines) is 1. The molecule has 8 heteroatoms. The van der Waals surface area contributed by atoms with E-state index in [-0.39, 0.29) is 23.0 Å². The van der Waals surface area contributed by atoms with E-state index in [0.717, 1.165) is 32.6 Å². The minimum atomic E-state index is -2.09. The predicted molar refractivity (Wildman–Crippen MR) is 204 cm³/mol. The van der Waals surface area contributed by atoms with Crippen molar-refractivity contribution in [2.75, 3.05) is 52.4 Å². The molecule has 0 aromatic heterocycles. The van der Waals surface area contributed by atoms with Gasteiger partial charge in [-0.15, -0.1) is 0 Å². The van der Waals surface area contributed by atoms with E-state index in [2.05, 4.69) is 141 Å². The summed E-state index contributed by atoms with van der Waals surface area (Å²) in [4.78, 5) is 32.0. The number of amides is 1. The number of benzene rings is 3. The monoisotopic (exact) mass is 695 g/mol. The van der Waals surface area contributed by atoms with Crippen LogP contribution < -0.4 is 0 Å². The molecule has 3 aromatic rings. The van der Waals surface area contributed by atoms with Gasteiger partial charge in [0.25, 0.3) is 0 Å². The highest BCUT2D eigenvalue weighted by atomic mass is 28.4. The molecular formula is C42H57N3O4Si. The Kier molecular flexibility index (Phi) is 12.5. The van der Waals surface area contributed by atoms with Crippen molar-refractivity contribution in [2.45, 2.75) is 76.7 Å². The first-order valence-electron chi connectivity index (χ1n) is 18.4. The van der Waals surface area contributed by atoms with Crippen LogP contribution in [-0.4, -0.2) is 93.4 Å². The molecule has 2 fully saturated rings. The molecular weight excluding hydrogens is 639 g/mol. The van der Waals surface area contributed by atoms with Gasteiger partial charge in [-0.2, -0.15) is 0 Å². The van der Waals surface area contributed by atoms with Crippen LogP contribution in [0.3, 0.4) is 0 Å². The minimum Gasteiger partial charge on any atom is -0.466 e. The lowest BCUT2D eigenvalue weighted by molar-refractivity contribution is -0.143. The predicted octanol–water partition coefficient (Wildman–Crippen LogP) is 7.49. The molecule has 3 aromatic carbocycles. The highest BCUT2D eigenvalue weighted by Crippen LogP contribution is 2.46. The molecule has 2 aliphatic heterocycles. The van der Waals surface area contributed by atoms with E-state index in [4.69, 9.17) is 9.16 Å². The second-order valence-electron chi connectivity index (χ2n) is 15.2. The number of ether oxygens (including phenoxy) is 1. The van der Waals surface area contributed by atoms with Crippen molar-refractivity contribution in [1.82, 2.24) is 14.7 Å². The Labute approximate surface area is 301 Å². The molecule has 0 saturated carbocycles. The van der Waals surface area contributed by atoms with Gasteiger partial charge in [-0.05, 0) is 66.7 Å². The maximum Gasteiger partial charge on any atom is 0.305 e. The van der Waals surface area contributed by atoms with Crippen LogP contribution in [0.2, 0.25) is 18.1 Å². The largest absolute Gasteiger partial charge is 0.466 e. The highest BCUT2D eigenvalue weighted by molar-refractivity contribution is 6.74. The van der Waals surface area contributed by atoms with E-state index in [0.29, 0.717) is 39.1 Å². The maximum atomic E-state index is 13.4. The molecule has 7 nitrogen and oxygen atoms in total. The standard InChI is InChI=1S/C42H57N3O4Si/c1-7-48-40(47)24-17-27-43-30-31-44(39(46)33-43)28-25-34-32-45(29-26-38(34)49-50(5,6)41(2,3)4)42(35-18-11-8-12-19-35,36-20-13-9-14-21-36)37-22-15-10-16-23-37/h8-16,18-23,25,38H,7,17,24,26-33H2,1-6H3. The van der Waals surface area contributed by atoms with Crippen molar-refractivity contribution in [1.29, 1.82) is 0 Å². The number of piperazine rings is 1. The van der Waals surface area contributed by atoms with E-state index in [1.54, 1.807) is 0 Å². The molecule has 2 aliphatic rings. The summed E-state index contributed by atoms with van der Waals surface area (Å²) in [5.41, 5.74) is 4.42. The fourth-order valence-electron chi connectivity index (χ4n) is 7.14. The van der Waals surface area contributed by atoms with E-state index in [9.17, 15) is 9.59 Å². The Hall–Kier alpha value is -3.56. The third-order valence-electron chi connectivity index (χ3n) is 10.9. The minimum absolute atomic E-state index is 0.00794. The third-order valence-corrected chi connectivity index (χ3v) is 15.4. The first-order valence-corrected chi connectivity index (χ1v) is 21.3. The van der Waals surface area contributed by atoms with Gasteiger partial charge in [0.05, 0.1) is 24.8 Å². The summed E-state index contributed by atoms with van der Waals surface area (Å²) in [6.45, 7) is 18.5. The van der Waals surface area contributed by atoms with Crippen molar-refractivity contribution in [2.24, 2.45) is 0 Å². The number of carbonyl (C=O) groups excluding carboxylic acids is 2. The van der Waals surface area contributed by atoms with Crippen LogP contribution >= 0.6 is 0 Å². The smallest absolute Gasteiger partial charge is 0.305 e. The van der Waals surface area contributed by atoms with Gasteiger partial charge in [-0.3, -0.25) is 19.4 Å². The molecule has 0 bridgehead atoms. The number of carbonyl (C=O) groups is 2. The molecule has 0 aliphatic carbocycles. The van der Waals surface area contributed by atoms with E-state index < -0.39 is 13.9 Å². The normalized spacial score (nSPS) is 19.2. The summed E-state index contributed by atoms with van der Waals surface area (Å²) in [7, 11) is -2.09. The quantitative estimate of drug-likeness (QED) is 0.0800. The van der Waals surface area contributed by atoms with Crippen LogP contribution in [0.4, 0.5) is 0 Å². The molecule has 50 heavy (non-hydrogen) atoms. The van der Waals surface area contributed by atoms with Gasteiger partial charge in [0.2, 0.25) is 5.91 Å². The molecule has 1 amide bonds. The number of nitrogens with zero attached hydrogens (tertiary/aromatic N) is 3. The lowest BCUT2D eigenvalue weighted by Gasteiger charge is -2.50. The lowest BCUT2D eigenvalue weighted by atomic mass is 9.74. The Morgan fingerprint density at radius 1 is 0.840 bits per heavy atom. The third kappa shape index (κ3) is 8.65. The number of piperidine rings is 1. The summed E-state index contributed by atoms with van der Waals surface area (Å²) >= 11 is 0. The number of hydrogen-bond acceptors (Lipinski definition) is 6. The van der Waals surface area contributed by atoms with Gasteiger partial charge >= 0.3 is 5.97 Å². The fraction of sp³-hybridized carbons (Fsp3) is 0.476. The molecule has 268 valence electrons. The van der Waals surface area contributed by atoms with Crippen molar-refractivity contribution in [3.63, 3.8) is 0 Å². The highest BCUT2D eigenvalue weighted by Gasteiger charge is 2.46. The zero-order valence-electron chi connectivity index (χ0n) is 31.1. The van der Waals surface area contributed by atoms with E-state index in [1.807, 2.05) is 11.8 Å². The number of rotatable bonds is 13. The van der Waals surface area contributed by atoms with E-state index >= 15 is 0 Å². The lowest BCUT2D eigenvalue weighted by Crippen LogP contribution is -2.55. The van der Waals surface area contributed by atoms with Gasteiger partial charge in [0.1, 0.15) is 0 Å². The van der Waals surface area contributed by atoms with Crippen LogP contribution in [0, 0.1) is 0 Å². The average molecular weight is 696 g/mol. The summed E-state index contributed by atoms with van der Waals surface area (Å²) in [6.07, 6.45) is 4.24. The second kappa shape index (κ2) is 16.6. The van der Waals surface area contributed by atoms with Gasteiger partial charge in [0, 0.05) is 39.1 Å². The van der Waals surface area contributed by atoms with Gasteiger partial charge in [-0.1, -0.05) is 118 Å². The van der Waals surface area contributed by atoms with Crippen LogP contribution in [-0.2, 0) is 24.3 Å². The zero-order chi connectivity index (χ0) is 35.8. The summed E-state index contributed by atoms with van der Waals surface area (Å²) in [5, 5.41) is 0.0800. The van der Waals surface area contributed by atoms with Crippen molar-refractivity contribution in [3.05, 3.63) is 119 Å². The molecule has 2 heterocycles. The average Bonchev–Trinajstić information content (AvgIpc) is 3.10. The van der Waals surface area contributed by atoms with Gasteiger partial charge < -0.3 is 14.1 Å². The first-order chi connectivity index (χ1) is 24.0.